The van der Waals surface area contributed by atoms with Crippen LogP contribution in [0.2, 0.25) is 0 Å². The lowest BCUT2D eigenvalue weighted by Crippen LogP contribution is -2.30. The quantitative estimate of drug-likeness (QED) is 0.738. The van der Waals surface area contributed by atoms with Crippen LogP contribution in [-0.4, -0.2) is 30.4 Å². The lowest BCUT2D eigenvalue weighted by atomic mass is 9.90. The van der Waals surface area contributed by atoms with Crippen LogP contribution in [0, 0.1) is 12.8 Å². The number of likely N-dealkylation sites (N-methyl/N-ethyl adjacent to an activating group) is 1. The standard InChI is InChI=1S/C19H23NO3S2/c1-12-4-5-15-14(8-12)9-16(25-15)19(22)23-11-18(21)20(3)10-17-13(2)6-7-24-17/h6-7,9,12H,4-5,8,10-11H2,1-3H3/t12-/m0/s1. The van der Waals surface area contributed by atoms with E-state index in [1.807, 2.05) is 24.4 Å². The van der Waals surface area contributed by atoms with Gasteiger partial charge >= 0.3 is 5.97 Å². The highest BCUT2D eigenvalue weighted by Gasteiger charge is 2.22. The summed E-state index contributed by atoms with van der Waals surface area (Å²) in [6, 6.07) is 3.99. The molecule has 1 atom stereocenters. The second kappa shape index (κ2) is 7.70. The highest BCUT2D eigenvalue weighted by Crippen LogP contribution is 2.32. The highest BCUT2D eigenvalue weighted by molar-refractivity contribution is 7.14. The third-order valence-corrected chi connectivity index (χ3v) is 6.86. The van der Waals surface area contributed by atoms with Gasteiger partial charge in [0, 0.05) is 16.8 Å². The van der Waals surface area contributed by atoms with Crippen molar-refractivity contribution in [2.24, 2.45) is 5.92 Å². The van der Waals surface area contributed by atoms with E-state index in [-0.39, 0.29) is 18.5 Å². The molecule has 0 aromatic carbocycles. The minimum absolute atomic E-state index is 0.184. The minimum Gasteiger partial charge on any atom is -0.451 e. The molecule has 1 aliphatic rings. The number of esters is 1. The van der Waals surface area contributed by atoms with Crippen LogP contribution in [0.25, 0.3) is 0 Å². The van der Waals surface area contributed by atoms with Crippen LogP contribution in [-0.2, 0) is 28.9 Å². The normalized spacial score (nSPS) is 16.4. The first-order chi connectivity index (χ1) is 11.9. The Bertz CT molecular complexity index is 777. The second-order valence-corrected chi connectivity index (χ2v) is 8.90. The van der Waals surface area contributed by atoms with Gasteiger partial charge in [-0.3, -0.25) is 4.79 Å². The summed E-state index contributed by atoms with van der Waals surface area (Å²) < 4.78 is 5.25. The number of rotatable bonds is 5. The smallest absolute Gasteiger partial charge is 0.348 e. The van der Waals surface area contributed by atoms with E-state index in [4.69, 9.17) is 4.74 Å². The first-order valence-electron chi connectivity index (χ1n) is 8.49. The molecule has 2 aromatic rings. The van der Waals surface area contributed by atoms with Gasteiger partial charge in [0.25, 0.3) is 5.91 Å². The van der Waals surface area contributed by atoms with Gasteiger partial charge in [-0.2, -0.15) is 0 Å². The van der Waals surface area contributed by atoms with Crippen LogP contribution in [0.3, 0.4) is 0 Å². The monoisotopic (exact) mass is 377 g/mol. The number of carbonyl (C=O) groups excluding carboxylic acids is 2. The Morgan fingerprint density at radius 3 is 2.92 bits per heavy atom. The zero-order chi connectivity index (χ0) is 18.0. The summed E-state index contributed by atoms with van der Waals surface area (Å²) in [6.07, 6.45) is 3.24. The van der Waals surface area contributed by atoms with Crippen molar-refractivity contribution >= 4 is 34.6 Å². The second-order valence-electron chi connectivity index (χ2n) is 6.76. The molecule has 2 aromatic heterocycles. The number of thiophene rings is 2. The summed E-state index contributed by atoms with van der Waals surface area (Å²) in [5.41, 5.74) is 2.45. The number of hydrogen-bond acceptors (Lipinski definition) is 5. The summed E-state index contributed by atoms with van der Waals surface area (Å²) in [5.74, 6) is 0.0964. The van der Waals surface area contributed by atoms with Gasteiger partial charge in [-0.25, -0.2) is 4.79 Å². The third kappa shape index (κ3) is 4.30. The summed E-state index contributed by atoms with van der Waals surface area (Å²) >= 11 is 3.15. The maximum Gasteiger partial charge on any atom is 0.348 e. The summed E-state index contributed by atoms with van der Waals surface area (Å²) in [5, 5.41) is 2.02. The number of fused-ring (bicyclic) bond motifs is 1. The molecule has 6 heteroatoms. The zero-order valence-corrected chi connectivity index (χ0v) is 16.5. The number of nitrogens with zero attached hydrogens (tertiary/aromatic N) is 1. The average molecular weight is 378 g/mol. The molecule has 0 saturated heterocycles. The van der Waals surface area contributed by atoms with E-state index in [1.54, 1.807) is 23.3 Å². The van der Waals surface area contributed by atoms with E-state index in [2.05, 4.69) is 6.92 Å². The van der Waals surface area contributed by atoms with E-state index < -0.39 is 0 Å². The van der Waals surface area contributed by atoms with Crippen LogP contribution in [0.1, 0.15) is 43.9 Å². The molecule has 3 rings (SSSR count). The van der Waals surface area contributed by atoms with Gasteiger partial charge in [-0.05, 0) is 60.7 Å². The predicted molar refractivity (Wildman–Crippen MR) is 101 cm³/mol. The maximum atomic E-state index is 12.3. The number of hydrogen-bond donors (Lipinski definition) is 0. The molecule has 134 valence electrons. The van der Waals surface area contributed by atoms with Gasteiger partial charge in [0.1, 0.15) is 4.88 Å². The summed E-state index contributed by atoms with van der Waals surface area (Å²) in [7, 11) is 1.74. The van der Waals surface area contributed by atoms with Crippen LogP contribution in [0.15, 0.2) is 17.5 Å². The van der Waals surface area contributed by atoms with Crippen molar-refractivity contribution in [3.63, 3.8) is 0 Å². The van der Waals surface area contributed by atoms with Gasteiger partial charge in [-0.1, -0.05) is 6.92 Å². The molecule has 4 nitrogen and oxygen atoms in total. The Kier molecular flexibility index (Phi) is 5.59. The molecule has 2 heterocycles. The Hall–Kier alpha value is -1.66. The fraction of sp³-hybridized carbons (Fsp3) is 0.474. The maximum absolute atomic E-state index is 12.3. The van der Waals surface area contributed by atoms with Crippen LogP contribution >= 0.6 is 22.7 Å². The molecule has 0 radical (unpaired) electrons. The molecule has 1 amide bonds. The zero-order valence-electron chi connectivity index (χ0n) is 14.8. The Morgan fingerprint density at radius 2 is 2.20 bits per heavy atom. The molecule has 1 aliphatic carbocycles. The largest absolute Gasteiger partial charge is 0.451 e. The molecule has 0 saturated carbocycles. The predicted octanol–water partition coefficient (Wildman–Crippen LogP) is 4.06. The number of ether oxygens (including phenoxy) is 1. The van der Waals surface area contributed by atoms with Gasteiger partial charge in [0.05, 0.1) is 6.54 Å². The summed E-state index contributed by atoms with van der Waals surface area (Å²) in [4.78, 5) is 29.1. The molecule has 0 aliphatic heterocycles. The third-order valence-electron chi connectivity index (χ3n) is 4.63. The minimum atomic E-state index is -0.388. The fourth-order valence-electron chi connectivity index (χ4n) is 2.98. The van der Waals surface area contributed by atoms with Crippen LogP contribution in [0.5, 0.6) is 0 Å². The lowest BCUT2D eigenvalue weighted by Gasteiger charge is -2.16. The number of carbonyl (C=O) groups is 2. The first kappa shape index (κ1) is 18.1. The van der Waals surface area contributed by atoms with Crippen molar-refractivity contribution in [3.8, 4) is 0 Å². The molecular weight excluding hydrogens is 354 g/mol. The Labute approximate surface area is 156 Å². The van der Waals surface area contributed by atoms with Crippen molar-refractivity contribution in [3.05, 3.63) is 43.3 Å². The number of aryl methyl sites for hydroxylation is 2. The van der Waals surface area contributed by atoms with Gasteiger partial charge < -0.3 is 9.64 Å². The molecule has 0 N–H and O–H groups in total. The van der Waals surface area contributed by atoms with Crippen molar-refractivity contribution in [2.75, 3.05) is 13.7 Å². The fourth-order valence-corrected chi connectivity index (χ4v) is 5.05. The van der Waals surface area contributed by atoms with Crippen LogP contribution < -0.4 is 0 Å². The van der Waals surface area contributed by atoms with Gasteiger partial charge in [0.15, 0.2) is 6.61 Å². The van der Waals surface area contributed by atoms with Gasteiger partial charge in [0.2, 0.25) is 0 Å². The molecule has 25 heavy (non-hydrogen) atoms. The summed E-state index contributed by atoms with van der Waals surface area (Å²) in [6.45, 7) is 4.61. The number of amides is 1. The van der Waals surface area contributed by atoms with E-state index in [9.17, 15) is 9.59 Å². The lowest BCUT2D eigenvalue weighted by molar-refractivity contribution is -0.133. The topological polar surface area (TPSA) is 46.6 Å². The highest BCUT2D eigenvalue weighted by atomic mass is 32.1. The molecular formula is C19H23NO3S2. The molecule has 0 spiro atoms. The van der Waals surface area contributed by atoms with E-state index in [0.717, 1.165) is 17.7 Å². The molecule has 0 bridgehead atoms. The molecule has 0 fully saturated rings. The van der Waals surface area contributed by atoms with Crippen molar-refractivity contribution in [1.29, 1.82) is 0 Å². The van der Waals surface area contributed by atoms with E-state index in [0.29, 0.717) is 17.3 Å². The van der Waals surface area contributed by atoms with Gasteiger partial charge in [-0.15, -0.1) is 22.7 Å². The van der Waals surface area contributed by atoms with Crippen molar-refractivity contribution in [2.45, 2.75) is 39.7 Å². The first-order valence-corrected chi connectivity index (χ1v) is 10.2. The van der Waals surface area contributed by atoms with Crippen LogP contribution in [0.4, 0.5) is 0 Å². The Balaban J connectivity index is 1.53. The Morgan fingerprint density at radius 1 is 1.40 bits per heavy atom. The van der Waals surface area contributed by atoms with E-state index in [1.165, 1.54) is 33.8 Å². The average Bonchev–Trinajstić information content (AvgIpc) is 3.18. The molecule has 0 unspecified atom stereocenters. The van der Waals surface area contributed by atoms with Crippen molar-refractivity contribution < 1.29 is 14.3 Å². The SMILES string of the molecule is Cc1ccsc1CN(C)C(=O)COC(=O)c1cc2c(s1)CC[C@H](C)C2. The van der Waals surface area contributed by atoms with E-state index >= 15 is 0 Å². The van der Waals surface area contributed by atoms with Crippen molar-refractivity contribution in [1.82, 2.24) is 4.90 Å².